The van der Waals surface area contributed by atoms with Gasteiger partial charge in [0, 0.05) is 25.0 Å². The second-order valence-corrected chi connectivity index (χ2v) is 6.84. The first-order valence-electron chi connectivity index (χ1n) is 9.08. The molecule has 0 saturated carbocycles. The predicted octanol–water partition coefficient (Wildman–Crippen LogP) is 3.26. The number of likely N-dealkylation sites (tertiary alicyclic amines) is 1. The monoisotopic (exact) mass is 380 g/mol. The van der Waals surface area contributed by atoms with E-state index in [0.29, 0.717) is 35.5 Å². The maximum Gasteiger partial charge on any atom is 0.255 e. The molecule has 0 spiro atoms. The number of hydrogen-bond donors (Lipinski definition) is 1. The molecule has 1 aliphatic heterocycles. The summed E-state index contributed by atoms with van der Waals surface area (Å²) in [5.41, 5.74) is 1.52. The number of carbonyl (C=O) groups is 1. The van der Waals surface area contributed by atoms with Crippen molar-refractivity contribution in [2.45, 2.75) is 31.7 Å². The van der Waals surface area contributed by atoms with Gasteiger partial charge < -0.3 is 14.8 Å². The summed E-state index contributed by atoms with van der Waals surface area (Å²) in [7, 11) is 3.13. The summed E-state index contributed by atoms with van der Waals surface area (Å²) < 4.78 is 10.9. The van der Waals surface area contributed by atoms with Crippen LogP contribution in [0.25, 0.3) is 0 Å². The first-order chi connectivity index (χ1) is 12.6. The Morgan fingerprint density at radius 3 is 2.88 bits per heavy atom. The molecule has 0 aliphatic carbocycles. The van der Waals surface area contributed by atoms with Crippen LogP contribution in [0.5, 0.6) is 11.5 Å². The number of amides is 1. The lowest BCUT2D eigenvalue weighted by atomic mass is 10.0. The van der Waals surface area contributed by atoms with Crippen molar-refractivity contribution in [3.63, 3.8) is 0 Å². The number of ether oxygens (including phenoxy) is 2. The summed E-state index contributed by atoms with van der Waals surface area (Å²) in [6, 6.07) is 4.13. The minimum atomic E-state index is -0.140. The highest BCUT2D eigenvalue weighted by molar-refractivity contribution is 6.17. The number of carbonyl (C=O) groups excluding carboxylic acids is 1. The minimum Gasteiger partial charge on any atom is -0.493 e. The molecule has 1 aromatic rings. The van der Waals surface area contributed by atoms with Gasteiger partial charge in [0.05, 0.1) is 19.8 Å². The summed E-state index contributed by atoms with van der Waals surface area (Å²) in [6.07, 6.45) is 5.79. The fourth-order valence-electron chi connectivity index (χ4n) is 3.44. The van der Waals surface area contributed by atoms with Crippen molar-refractivity contribution >= 4 is 17.5 Å². The molecule has 0 bridgehead atoms. The second-order valence-electron chi connectivity index (χ2n) is 6.46. The third-order valence-corrected chi connectivity index (χ3v) is 5.01. The van der Waals surface area contributed by atoms with Crippen molar-refractivity contribution in [3.8, 4) is 11.5 Å². The lowest BCUT2D eigenvalue weighted by molar-refractivity contribution is 0.0938. The van der Waals surface area contributed by atoms with E-state index in [9.17, 15) is 4.79 Å². The number of aryl methyl sites for hydroxylation is 1. The van der Waals surface area contributed by atoms with Crippen LogP contribution in [0, 0.1) is 0 Å². The molecule has 1 heterocycles. The van der Waals surface area contributed by atoms with Crippen LogP contribution in [-0.4, -0.2) is 56.6 Å². The molecule has 1 N–H and O–H groups in total. The van der Waals surface area contributed by atoms with E-state index < -0.39 is 0 Å². The van der Waals surface area contributed by atoms with Crippen LogP contribution in [0.4, 0.5) is 0 Å². The van der Waals surface area contributed by atoms with Crippen molar-refractivity contribution in [3.05, 3.63) is 35.9 Å². The van der Waals surface area contributed by atoms with Crippen molar-refractivity contribution in [2.24, 2.45) is 0 Å². The van der Waals surface area contributed by atoms with Gasteiger partial charge in [-0.25, -0.2) is 0 Å². The average molecular weight is 381 g/mol. The highest BCUT2D eigenvalue weighted by atomic mass is 35.5. The molecule has 1 aliphatic rings. The van der Waals surface area contributed by atoms with Crippen LogP contribution in [-0.2, 0) is 6.42 Å². The van der Waals surface area contributed by atoms with Crippen LogP contribution in [0.15, 0.2) is 24.8 Å². The molecule has 1 atom stereocenters. The van der Waals surface area contributed by atoms with Gasteiger partial charge in [0.15, 0.2) is 11.5 Å². The fraction of sp³-hybridized carbons (Fsp3) is 0.550. The molecule has 2 rings (SSSR count). The highest BCUT2D eigenvalue weighted by Gasteiger charge is 2.25. The van der Waals surface area contributed by atoms with Gasteiger partial charge in [-0.15, -0.1) is 18.2 Å². The van der Waals surface area contributed by atoms with E-state index in [4.69, 9.17) is 21.1 Å². The van der Waals surface area contributed by atoms with Gasteiger partial charge in [0.1, 0.15) is 0 Å². The third-order valence-electron chi connectivity index (χ3n) is 4.74. The van der Waals surface area contributed by atoms with Crippen molar-refractivity contribution in [2.75, 3.05) is 39.7 Å². The maximum absolute atomic E-state index is 12.8. The topological polar surface area (TPSA) is 50.8 Å². The lowest BCUT2D eigenvalue weighted by Crippen LogP contribution is -2.40. The second kappa shape index (κ2) is 10.4. The minimum absolute atomic E-state index is 0.140. The van der Waals surface area contributed by atoms with E-state index in [1.165, 1.54) is 0 Å². The standard InChI is InChI=1S/C20H29ClN2O3/c1-4-10-23-11-6-8-16(23)14-22-20(24)17-12-15(7-5-9-21)13-18(25-2)19(17)26-3/h4,12-13,16H,1,5-11,14H2,2-3H3,(H,22,24)/t16-/m0/s1. The van der Waals surface area contributed by atoms with Gasteiger partial charge in [-0.3, -0.25) is 9.69 Å². The zero-order chi connectivity index (χ0) is 18.9. The van der Waals surface area contributed by atoms with Gasteiger partial charge in [0.25, 0.3) is 5.91 Å². The maximum atomic E-state index is 12.8. The zero-order valence-corrected chi connectivity index (χ0v) is 16.5. The van der Waals surface area contributed by atoms with Crippen LogP contribution in [0.3, 0.4) is 0 Å². The summed E-state index contributed by atoms with van der Waals surface area (Å²) in [5, 5.41) is 3.06. The van der Waals surface area contributed by atoms with E-state index in [2.05, 4.69) is 16.8 Å². The van der Waals surface area contributed by atoms with E-state index in [1.807, 2.05) is 18.2 Å². The van der Waals surface area contributed by atoms with E-state index in [-0.39, 0.29) is 5.91 Å². The summed E-state index contributed by atoms with van der Waals surface area (Å²) in [5.74, 6) is 1.47. The van der Waals surface area contributed by atoms with E-state index >= 15 is 0 Å². The van der Waals surface area contributed by atoms with Crippen molar-refractivity contribution in [1.82, 2.24) is 10.2 Å². The normalized spacial score (nSPS) is 17.1. The quantitative estimate of drug-likeness (QED) is 0.500. The first kappa shape index (κ1) is 20.6. The zero-order valence-electron chi connectivity index (χ0n) is 15.7. The first-order valence-corrected chi connectivity index (χ1v) is 9.62. The van der Waals surface area contributed by atoms with Gasteiger partial charge in [-0.1, -0.05) is 6.08 Å². The number of halogens is 1. The molecule has 1 saturated heterocycles. The predicted molar refractivity (Wildman–Crippen MR) is 106 cm³/mol. The average Bonchev–Trinajstić information content (AvgIpc) is 3.10. The molecule has 26 heavy (non-hydrogen) atoms. The number of hydrogen-bond acceptors (Lipinski definition) is 4. The Kier molecular flexibility index (Phi) is 8.26. The highest BCUT2D eigenvalue weighted by Crippen LogP contribution is 2.33. The summed E-state index contributed by atoms with van der Waals surface area (Å²) in [4.78, 5) is 15.2. The van der Waals surface area contributed by atoms with E-state index in [0.717, 1.165) is 44.3 Å². The van der Waals surface area contributed by atoms with Gasteiger partial charge >= 0.3 is 0 Å². The Balaban J connectivity index is 2.14. The number of alkyl halides is 1. The lowest BCUT2D eigenvalue weighted by Gasteiger charge is -2.23. The number of rotatable bonds is 10. The Bertz CT molecular complexity index is 621. The molecule has 144 valence electrons. The molecule has 1 aromatic carbocycles. The van der Waals surface area contributed by atoms with Crippen LogP contribution in [0.2, 0.25) is 0 Å². The van der Waals surface area contributed by atoms with E-state index in [1.54, 1.807) is 14.2 Å². The fourth-order valence-corrected chi connectivity index (χ4v) is 3.58. The number of nitrogens with one attached hydrogen (secondary N) is 1. The van der Waals surface area contributed by atoms with Crippen molar-refractivity contribution in [1.29, 1.82) is 0 Å². The van der Waals surface area contributed by atoms with Gasteiger partial charge in [0.2, 0.25) is 0 Å². The molecule has 0 aromatic heterocycles. The Morgan fingerprint density at radius 1 is 1.42 bits per heavy atom. The largest absolute Gasteiger partial charge is 0.493 e. The van der Waals surface area contributed by atoms with Crippen LogP contribution >= 0.6 is 11.6 Å². The molecule has 1 amide bonds. The molecule has 6 heteroatoms. The summed E-state index contributed by atoms with van der Waals surface area (Å²) in [6.45, 7) is 6.33. The Hall–Kier alpha value is -1.72. The SMILES string of the molecule is C=CCN1CCC[C@H]1CNC(=O)c1cc(CCCCl)cc(OC)c1OC. The Labute approximate surface area is 161 Å². The third kappa shape index (κ3) is 5.15. The van der Waals surface area contributed by atoms with Crippen molar-refractivity contribution < 1.29 is 14.3 Å². The molecular weight excluding hydrogens is 352 g/mol. The molecule has 5 nitrogen and oxygen atoms in total. The molecule has 1 fully saturated rings. The number of methoxy groups -OCH3 is 2. The summed E-state index contributed by atoms with van der Waals surface area (Å²) >= 11 is 5.80. The smallest absolute Gasteiger partial charge is 0.255 e. The number of nitrogens with zero attached hydrogens (tertiary/aromatic N) is 1. The number of benzene rings is 1. The van der Waals surface area contributed by atoms with Crippen LogP contribution < -0.4 is 14.8 Å². The van der Waals surface area contributed by atoms with Gasteiger partial charge in [-0.05, 0) is 49.9 Å². The molecule has 0 unspecified atom stereocenters. The molecular formula is C20H29ClN2O3. The molecule has 0 radical (unpaired) electrons. The Morgan fingerprint density at radius 2 is 2.23 bits per heavy atom. The van der Waals surface area contributed by atoms with Crippen LogP contribution in [0.1, 0.15) is 35.2 Å². The van der Waals surface area contributed by atoms with Gasteiger partial charge in [-0.2, -0.15) is 0 Å².